The number of nitrogens with one attached hydrogen (secondary N) is 1. The van der Waals surface area contributed by atoms with Gasteiger partial charge in [0.1, 0.15) is 4.90 Å². The van der Waals surface area contributed by atoms with Gasteiger partial charge in [0.25, 0.3) is 5.91 Å². The summed E-state index contributed by atoms with van der Waals surface area (Å²) in [5.41, 5.74) is 1.62. The molecule has 1 heterocycles. The van der Waals surface area contributed by atoms with Crippen molar-refractivity contribution in [3.05, 3.63) is 57.6 Å². The topological polar surface area (TPSA) is 69.7 Å². The van der Waals surface area contributed by atoms with Crippen LogP contribution in [-0.4, -0.2) is 56.8 Å². The Morgan fingerprint density at radius 2 is 1.71 bits per heavy atom. The molecule has 0 aliphatic carbocycles. The highest BCUT2D eigenvalue weighted by Gasteiger charge is 2.30. The van der Waals surface area contributed by atoms with Gasteiger partial charge in [-0.15, -0.1) is 0 Å². The molecule has 0 radical (unpaired) electrons. The maximum atomic E-state index is 13.0. The summed E-state index contributed by atoms with van der Waals surface area (Å²) in [4.78, 5) is 14.7. The maximum Gasteiger partial charge on any atom is 0.255 e. The molecule has 1 N–H and O–H groups in total. The summed E-state index contributed by atoms with van der Waals surface area (Å²) in [5.74, 6) is -0.433. The number of amides is 1. The Bertz CT molecular complexity index is 1000. The highest BCUT2D eigenvalue weighted by atomic mass is 35.5. The van der Waals surface area contributed by atoms with Crippen LogP contribution < -0.4 is 5.32 Å². The lowest BCUT2D eigenvalue weighted by Crippen LogP contribution is -2.47. The van der Waals surface area contributed by atoms with Gasteiger partial charge < -0.3 is 10.2 Å². The molecule has 1 saturated heterocycles. The highest BCUT2D eigenvalue weighted by molar-refractivity contribution is 7.89. The van der Waals surface area contributed by atoms with E-state index >= 15 is 0 Å². The van der Waals surface area contributed by atoms with Crippen LogP contribution >= 0.6 is 23.2 Å². The molecule has 2 aromatic rings. The van der Waals surface area contributed by atoms with Crippen molar-refractivity contribution in [3.63, 3.8) is 0 Å². The van der Waals surface area contributed by atoms with Crippen LogP contribution in [0.25, 0.3) is 0 Å². The van der Waals surface area contributed by atoms with Crippen LogP contribution in [-0.2, 0) is 10.0 Å². The van der Waals surface area contributed by atoms with Gasteiger partial charge in [-0.1, -0.05) is 29.3 Å². The first-order valence-corrected chi connectivity index (χ1v) is 10.9. The van der Waals surface area contributed by atoms with Gasteiger partial charge in [0, 0.05) is 42.5 Å². The van der Waals surface area contributed by atoms with Crippen molar-refractivity contribution in [1.82, 2.24) is 9.21 Å². The molecule has 0 saturated carbocycles. The number of nitrogens with zero attached hydrogens (tertiary/aromatic N) is 2. The third-order valence-electron chi connectivity index (χ3n) is 4.72. The summed E-state index contributed by atoms with van der Waals surface area (Å²) in [5, 5.41) is 3.36. The summed E-state index contributed by atoms with van der Waals surface area (Å²) in [6.45, 7) is 3.90. The maximum absolute atomic E-state index is 13.0. The van der Waals surface area contributed by atoms with Crippen LogP contribution in [0, 0.1) is 6.92 Å². The van der Waals surface area contributed by atoms with Gasteiger partial charge in [-0.05, 0) is 49.9 Å². The predicted octanol–water partition coefficient (Wildman–Crippen LogP) is 3.49. The Balaban J connectivity index is 1.88. The predicted molar refractivity (Wildman–Crippen MR) is 112 cm³/mol. The van der Waals surface area contributed by atoms with E-state index in [1.54, 1.807) is 18.2 Å². The van der Waals surface area contributed by atoms with E-state index in [1.807, 2.05) is 14.0 Å². The number of piperazine rings is 1. The molecule has 0 atom stereocenters. The number of aryl methyl sites for hydroxylation is 1. The van der Waals surface area contributed by atoms with E-state index in [0.29, 0.717) is 36.9 Å². The number of rotatable bonds is 4. The summed E-state index contributed by atoms with van der Waals surface area (Å²) in [6, 6.07) is 9.43. The fraction of sp³-hybridized carbons (Fsp3) is 0.316. The number of hydrogen-bond acceptors (Lipinski definition) is 4. The Hall–Kier alpha value is -1.64. The second-order valence-corrected chi connectivity index (χ2v) is 9.52. The van der Waals surface area contributed by atoms with Crippen LogP contribution in [0.1, 0.15) is 15.9 Å². The van der Waals surface area contributed by atoms with Gasteiger partial charge in [-0.25, -0.2) is 8.42 Å². The number of sulfonamides is 1. The van der Waals surface area contributed by atoms with Crippen molar-refractivity contribution in [2.75, 3.05) is 38.5 Å². The molecule has 3 rings (SSSR count). The summed E-state index contributed by atoms with van der Waals surface area (Å²) < 4.78 is 27.4. The molecule has 1 aliphatic heterocycles. The Morgan fingerprint density at radius 3 is 2.39 bits per heavy atom. The Morgan fingerprint density at radius 1 is 1.04 bits per heavy atom. The average molecular weight is 442 g/mol. The number of carbonyl (C=O) groups excluding carboxylic acids is 1. The lowest BCUT2D eigenvalue weighted by atomic mass is 10.1. The zero-order chi connectivity index (χ0) is 20.5. The SMILES string of the molecule is Cc1ccc(Cl)cc1NC(=O)c1ccc(Cl)c(S(=O)(=O)N2CCN(C)CC2)c1. The van der Waals surface area contributed by atoms with Gasteiger partial charge in [0.15, 0.2) is 0 Å². The second kappa shape index (κ2) is 8.39. The van der Waals surface area contributed by atoms with E-state index in [0.717, 1.165) is 5.56 Å². The zero-order valence-corrected chi connectivity index (χ0v) is 17.9. The third-order valence-corrected chi connectivity index (χ3v) is 7.34. The first-order valence-electron chi connectivity index (χ1n) is 8.74. The van der Waals surface area contributed by atoms with Gasteiger partial charge in [0.05, 0.1) is 5.02 Å². The van der Waals surface area contributed by atoms with Crippen LogP contribution in [0.3, 0.4) is 0 Å². The first kappa shape index (κ1) is 21.1. The summed E-state index contributed by atoms with van der Waals surface area (Å²) in [7, 11) is -1.84. The smallest absolute Gasteiger partial charge is 0.255 e. The average Bonchev–Trinajstić information content (AvgIpc) is 2.65. The summed E-state index contributed by atoms with van der Waals surface area (Å²) in [6.07, 6.45) is 0. The van der Waals surface area contributed by atoms with Crippen molar-refractivity contribution in [2.45, 2.75) is 11.8 Å². The lowest BCUT2D eigenvalue weighted by molar-refractivity contribution is 0.102. The minimum absolute atomic E-state index is 0.0609. The molecule has 2 aromatic carbocycles. The number of benzene rings is 2. The van der Waals surface area contributed by atoms with Gasteiger partial charge >= 0.3 is 0 Å². The number of halogens is 2. The van der Waals surface area contributed by atoms with E-state index < -0.39 is 15.9 Å². The normalized spacial score (nSPS) is 16.1. The molecule has 28 heavy (non-hydrogen) atoms. The monoisotopic (exact) mass is 441 g/mol. The number of likely N-dealkylation sites (N-methyl/N-ethyl adjacent to an activating group) is 1. The Labute approximate surface area is 175 Å². The third kappa shape index (κ3) is 4.50. The van der Waals surface area contributed by atoms with Gasteiger partial charge in [-0.2, -0.15) is 4.31 Å². The molecular weight excluding hydrogens is 421 g/mol. The second-order valence-electron chi connectivity index (χ2n) is 6.77. The van der Waals surface area contributed by atoms with E-state index in [-0.39, 0.29) is 15.5 Å². The number of hydrogen-bond donors (Lipinski definition) is 1. The molecule has 0 unspecified atom stereocenters. The standard InChI is InChI=1S/C19H21Cl2N3O3S/c1-13-3-5-15(20)12-17(13)22-19(25)14-4-6-16(21)18(11-14)28(26,27)24-9-7-23(2)8-10-24/h3-6,11-12H,7-10H2,1-2H3,(H,22,25). The fourth-order valence-electron chi connectivity index (χ4n) is 2.93. The van der Waals surface area contributed by atoms with Crippen molar-refractivity contribution in [3.8, 4) is 0 Å². The quantitative estimate of drug-likeness (QED) is 0.787. The van der Waals surface area contributed by atoms with Gasteiger partial charge in [-0.3, -0.25) is 4.79 Å². The van der Waals surface area contributed by atoms with E-state index in [4.69, 9.17) is 23.2 Å². The minimum Gasteiger partial charge on any atom is -0.322 e. The van der Waals surface area contributed by atoms with E-state index in [2.05, 4.69) is 10.2 Å². The van der Waals surface area contributed by atoms with Crippen LogP contribution in [0.15, 0.2) is 41.3 Å². The molecule has 9 heteroatoms. The molecule has 1 fully saturated rings. The minimum atomic E-state index is -3.79. The molecule has 0 aromatic heterocycles. The van der Waals surface area contributed by atoms with E-state index in [1.165, 1.54) is 22.5 Å². The number of anilines is 1. The summed E-state index contributed by atoms with van der Waals surface area (Å²) >= 11 is 12.2. The molecular formula is C19H21Cl2N3O3S. The molecule has 0 spiro atoms. The molecule has 1 amide bonds. The van der Waals surface area contributed by atoms with Crippen LogP contribution in [0.4, 0.5) is 5.69 Å². The molecule has 1 aliphatic rings. The van der Waals surface area contributed by atoms with Crippen LogP contribution in [0.2, 0.25) is 10.0 Å². The van der Waals surface area contributed by atoms with Crippen molar-refractivity contribution in [1.29, 1.82) is 0 Å². The lowest BCUT2D eigenvalue weighted by Gasteiger charge is -2.31. The van der Waals surface area contributed by atoms with Crippen molar-refractivity contribution in [2.24, 2.45) is 0 Å². The van der Waals surface area contributed by atoms with Crippen LogP contribution in [0.5, 0.6) is 0 Å². The first-order chi connectivity index (χ1) is 13.2. The molecule has 0 bridgehead atoms. The fourth-order valence-corrected chi connectivity index (χ4v) is 5.03. The number of carbonyl (C=O) groups is 1. The highest BCUT2D eigenvalue weighted by Crippen LogP contribution is 2.27. The van der Waals surface area contributed by atoms with E-state index in [9.17, 15) is 13.2 Å². The zero-order valence-electron chi connectivity index (χ0n) is 15.6. The van der Waals surface area contributed by atoms with Gasteiger partial charge in [0.2, 0.25) is 10.0 Å². The molecule has 6 nitrogen and oxygen atoms in total. The van der Waals surface area contributed by atoms with Crippen molar-refractivity contribution < 1.29 is 13.2 Å². The molecule has 150 valence electrons. The van der Waals surface area contributed by atoms with Crippen molar-refractivity contribution >= 4 is 44.8 Å². The largest absolute Gasteiger partial charge is 0.322 e. The Kier molecular flexibility index (Phi) is 6.31.